The van der Waals surface area contributed by atoms with Crippen molar-refractivity contribution in [1.82, 2.24) is 0 Å². The number of nitrogens with zero attached hydrogens (tertiary/aromatic N) is 2. The Hall–Kier alpha value is -2.98. The van der Waals surface area contributed by atoms with Crippen LogP contribution in [0.4, 0.5) is 0 Å². The molecule has 1 unspecified atom stereocenters. The molecule has 2 rings (SSSR count). The first-order chi connectivity index (χ1) is 11.6. The predicted molar refractivity (Wildman–Crippen MR) is 91.3 cm³/mol. The fraction of sp³-hybridized carbons (Fsp3) is 0.300. The zero-order chi connectivity index (χ0) is 17.6. The molecule has 0 N–H and O–H groups in total. The Morgan fingerprint density at radius 2 is 1.25 bits per heavy atom. The Morgan fingerprint density at radius 1 is 0.875 bits per heavy atom. The van der Waals surface area contributed by atoms with Gasteiger partial charge in [-0.2, -0.15) is 0 Å². The predicted octanol–water partition coefficient (Wildman–Crippen LogP) is 4.76. The van der Waals surface area contributed by atoms with E-state index >= 15 is 0 Å². The van der Waals surface area contributed by atoms with Crippen molar-refractivity contribution in [2.24, 2.45) is 5.92 Å². The Balaban J connectivity index is 2.46. The fourth-order valence-corrected chi connectivity index (χ4v) is 2.99. The van der Waals surface area contributed by atoms with E-state index in [9.17, 15) is 0 Å². The van der Waals surface area contributed by atoms with Crippen LogP contribution in [0.2, 0.25) is 0 Å². The van der Waals surface area contributed by atoms with Gasteiger partial charge in [0.2, 0.25) is 0 Å². The first-order valence-corrected chi connectivity index (χ1v) is 7.89. The largest absolute Gasteiger partial charge is 0.388 e. The summed E-state index contributed by atoms with van der Waals surface area (Å²) in [6, 6.07) is 15.2. The number of hydrogen-bond acceptors (Lipinski definition) is 4. The molecule has 4 heteroatoms. The van der Waals surface area contributed by atoms with Crippen LogP contribution in [0.25, 0.3) is 0 Å². The summed E-state index contributed by atoms with van der Waals surface area (Å²) >= 11 is 0. The van der Waals surface area contributed by atoms with Gasteiger partial charge in [0.25, 0.3) is 12.5 Å². The average Bonchev–Trinajstić information content (AvgIpc) is 2.62. The highest BCUT2D eigenvalue weighted by Gasteiger charge is 2.34. The molecule has 2 aromatic carbocycles. The van der Waals surface area contributed by atoms with Gasteiger partial charge in [-0.15, -0.1) is 10.5 Å². The second-order valence-corrected chi connectivity index (χ2v) is 5.95. The summed E-state index contributed by atoms with van der Waals surface area (Å²) in [5, 5.41) is 17.2. The van der Waals surface area contributed by atoms with Crippen LogP contribution < -0.4 is 9.47 Å². The second-order valence-electron chi connectivity index (χ2n) is 5.95. The van der Waals surface area contributed by atoms with Gasteiger partial charge in [0.1, 0.15) is 11.5 Å². The average molecular weight is 320 g/mol. The molecule has 0 aliphatic heterocycles. The lowest BCUT2D eigenvalue weighted by atomic mass is 9.67. The van der Waals surface area contributed by atoms with Crippen LogP contribution in [0, 0.1) is 29.0 Å². The molecule has 0 spiro atoms. The minimum Gasteiger partial charge on any atom is -0.388 e. The molecule has 0 bridgehead atoms. The van der Waals surface area contributed by atoms with Gasteiger partial charge in [0.05, 0.1) is 0 Å². The molecule has 0 heterocycles. The lowest BCUT2D eigenvalue weighted by Crippen LogP contribution is -2.31. The van der Waals surface area contributed by atoms with Crippen LogP contribution in [0.1, 0.15) is 38.3 Å². The molecular weight excluding hydrogens is 300 g/mol. The van der Waals surface area contributed by atoms with Crippen LogP contribution in [-0.4, -0.2) is 0 Å². The number of nitriles is 2. The van der Waals surface area contributed by atoms with Crippen LogP contribution in [0.5, 0.6) is 11.5 Å². The van der Waals surface area contributed by atoms with E-state index in [4.69, 9.17) is 20.0 Å². The van der Waals surface area contributed by atoms with E-state index < -0.39 is 0 Å². The van der Waals surface area contributed by atoms with Gasteiger partial charge >= 0.3 is 0 Å². The molecule has 0 aliphatic rings. The molecule has 1 atom stereocenters. The first kappa shape index (κ1) is 17.4. The zero-order valence-electron chi connectivity index (χ0n) is 14.1. The van der Waals surface area contributed by atoms with Gasteiger partial charge in [-0.3, -0.25) is 0 Å². The molecule has 4 nitrogen and oxygen atoms in total. The summed E-state index contributed by atoms with van der Waals surface area (Å²) in [7, 11) is 0. The minimum atomic E-state index is -0.203. The number of ether oxygens (including phenoxy) is 2. The molecule has 24 heavy (non-hydrogen) atoms. The summed E-state index contributed by atoms with van der Waals surface area (Å²) in [4.78, 5) is 0. The minimum absolute atomic E-state index is 0.203. The molecular formula is C20H20N2O2. The van der Waals surface area contributed by atoms with Gasteiger partial charge in [-0.25, -0.2) is 0 Å². The van der Waals surface area contributed by atoms with E-state index in [0.717, 1.165) is 17.5 Å². The first-order valence-electron chi connectivity index (χ1n) is 7.89. The van der Waals surface area contributed by atoms with E-state index in [0.29, 0.717) is 17.4 Å². The number of benzene rings is 2. The van der Waals surface area contributed by atoms with Gasteiger partial charge in [0.15, 0.2) is 0 Å². The summed E-state index contributed by atoms with van der Waals surface area (Å²) < 4.78 is 9.73. The van der Waals surface area contributed by atoms with Gasteiger partial charge in [-0.1, -0.05) is 51.5 Å². The Bertz CT molecular complexity index is 693. The summed E-state index contributed by atoms with van der Waals surface area (Å²) in [6.07, 6.45) is 4.39. The van der Waals surface area contributed by atoms with Crippen LogP contribution in [0.3, 0.4) is 0 Å². The molecule has 0 saturated carbocycles. The highest BCUT2D eigenvalue weighted by atomic mass is 16.5. The quantitative estimate of drug-likeness (QED) is 0.720. The monoisotopic (exact) mass is 320 g/mol. The van der Waals surface area contributed by atoms with Crippen molar-refractivity contribution < 1.29 is 9.47 Å². The lowest BCUT2D eigenvalue weighted by Gasteiger charge is -2.37. The molecule has 0 saturated heterocycles. The molecule has 0 radical (unpaired) electrons. The SMILES string of the molecule is CCC(C)C(C)(c1ccc(OC#N)cc1)c1ccc(OC#N)cc1. The van der Waals surface area contributed by atoms with Gasteiger partial charge in [-0.05, 0) is 41.3 Å². The van der Waals surface area contributed by atoms with Crippen LogP contribution in [-0.2, 0) is 5.41 Å². The molecule has 2 aromatic rings. The molecule has 0 fully saturated rings. The van der Waals surface area contributed by atoms with E-state index in [1.807, 2.05) is 48.5 Å². The Morgan fingerprint density at radius 3 is 1.54 bits per heavy atom. The molecule has 0 amide bonds. The number of hydrogen-bond donors (Lipinski definition) is 0. The van der Waals surface area contributed by atoms with Crippen LogP contribution >= 0.6 is 0 Å². The Labute approximate surface area is 142 Å². The van der Waals surface area contributed by atoms with Crippen molar-refractivity contribution in [2.45, 2.75) is 32.6 Å². The van der Waals surface area contributed by atoms with Crippen molar-refractivity contribution in [3.63, 3.8) is 0 Å². The highest BCUT2D eigenvalue weighted by Crippen LogP contribution is 2.41. The fourth-order valence-electron chi connectivity index (χ4n) is 2.99. The van der Waals surface area contributed by atoms with Crippen molar-refractivity contribution >= 4 is 0 Å². The van der Waals surface area contributed by atoms with Crippen molar-refractivity contribution in [3.05, 3.63) is 59.7 Å². The van der Waals surface area contributed by atoms with Crippen molar-refractivity contribution in [3.8, 4) is 24.0 Å². The normalized spacial score (nSPS) is 11.9. The molecule has 0 aliphatic carbocycles. The van der Waals surface area contributed by atoms with Gasteiger partial charge < -0.3 is 9.47 Å². The van der Waals surface area contributed by atoms with E-state index in [-0.39, 0.29) is 5.41 Å². The third-order valence-corrected chi connectivity index (χ3v) is 4.83. The maximum atomic E-state index is 8.62. The van der Waals surface area contributed by atoms with E-state index in [1.165, 1.54) is 0 Å². The topological polar surface area (TPSA) is 66.0 Å². The van der Waals surface area contributed by atoms with Crippen molar-refractivity contribution in [2.75, 3.05) is 0 Å². The second kappa shape index (κ2) is 7.53. The maximum absolute atomic E-state index is 8.62. The molecule has 0 aromatic heterocycles. The summed E-state index contributed by atoms with van der Waals surface area (Å²) in [5.74, 6) is 1.46. The third kappa shape index (κ3) is 3.34. The van der Waals surface area contributed by atoms with Gasteiger partial charge in [0, 0.05) is 5.41 Å². The van der Waals surface area contributed by atoms with Crippen molar-refractivity contribution in [1.29, 1.82) is 10.5 Å². The Kier molecular flexibility index (Phi) is 5.45. The highest BCUT2D eigenvalue weighted by molar-refractivity contribution is 5.43. The van der Waals surface area contributed by atoms with E-state index in [2.05, 4.69) is 20.8 Å². The smallest absolute Gasteiger partial charge is 0.292 e. The molecule has 122 valence electrons. The lowest BCUT2D eigenvalue weighted by molar-refractivity contribution is 0.363. The third-order valence-electron chi connectivity index (χ3n) is 4.83. The summed E-state index contributed by atoms with van der Waals surface area (Å²) in [5.41, 5.74) is 2.10. The standard InChI is InChI=1S/C20H20N2O2/c1-4-15(2)20(3,16-5-9-18(10-6-16)23-13-21)17-7-11-19(12-8-17)24-14-22/h5-12,15H,4H2,1-3H3. The van der Waals surface area contributed by atoms with Crippen LogP contribution in [0.15, 0.2) is 48.5 Å². The number of rotatable bonds is 6. The maximum Gasteiger partial charge on any atom is 0.292 e. The van der Waals surface area contributed by atoms with E-state index in [1.54, 1.807) is 12.5 Å². The summed E-state index contributed by atoms with van der Waals surface area (Å²) in [6.45, 7) is 6.60. The zero-order valence-corrected chi connectivity index (χ0v) is 14.1.